The Bertz CT molecular complexity index is 303. The summed E-state index contributed by atoms with van der Waals surface area (Å²) < 4.78 is 5.95. The van der Waals surface area contributed by atoms with Gasteiger partial charge in [0.15, 0.2) is 0 Å². The number of hydrogen-bond acceptors (Lipinski definition) is 4. The van der Waals surface area contributed by atoms with Crippen molar-refractivity contribution in [3.63, 3.8) is 0 Å². The molecule has 0 bridgehead atoms. The van der Waals surface area contributed by atoms with Crippen molar-refractivity contribution in [2.45, 2.75) is 50.8 Å². The first-order valence-electron chi connectivity index (χ1n) is 6.73. The maximum absolute atomic E-state index is 11.2. The Morgan fingerprint density at radius 1 is 1.56 bits per heavy atom. The van der Waals surface area contributed by atoms with Gasteiger partial charge in [-0.3, -0.25) is 4.79 Å². The molecule has 5 heteroatoms. The van der Waals surface area contributed by atoms with Crippen molar-refractivity contribution in [2.24, 2.45) is 5.92 Å². The molecule has 3 unspecified atom stereocenters. The molecule has 3 atom stereocenters. The van der Waals surface area contributed by atoms with Crippen LogP contribution in [0.4, 0.5) is 0 Å². The molecule has 4 nitrogen and oxygen atoms in total. The van der Waals surface area contributed by atoms with Crippen molar-refractivity contribution in [3.05, 3.63) is 0 Å². The summed E-state index contributed by atoms with van der Waals surface area (Å²) in [5, 5.41) is 12.6. The van der Waals surface area contributed by atoms with E-state index in [4.69, 9.17) is 4.74 Å². The molecule has 104 valence electrons. The Morgan fingerprint density at radius 3 is 2.89 bits per heavy atom. The van der Waals surface area contributed by atoms with Gasteiger partial charge in [-0.1, -0.05) is 13.8 Å². The summed E-state index contributed by atoms with van der Waals surface area (Å²) in [6.07, 6.45) is 2.98. The van der Waals surface area contributed by atoms with Crippen molar-refractivity contribution in [1.29, 1.82) is 0 Å². The number of carboxylic acid groups (broad SMARTS) is 1. The number of nitrogens with one attached hydrogen (secondary N) is 1. The fraction of sp³-hybridized carbons (Fsp3) is 0.923. The van der Waals surface area contributed by atoms with Crippen molar-refractivity contribution in [2.75, 3.05) is 18.1 Å². The number of rotatable bonds is 4. The van der Waals surface area contributed by atoms with Gasteiger partial charge in [0.25, 0.3) is 0 Å². The van der Waals surface area contributed by atoms with Crippen molar-refractivity contribution < 1.29 is 14.6 Å². The minimum Gasteiger partial charge on any atom is -0.480 e. The van der Waals surface area contributed by atoms with Crippen LogP contribution >= 0.6 is 11.8 Å². The maximum atomic E-state index is 11.2. The molecule has 1 spiro atoms. The molecule has 0 aromatic heterocycles. The summed E-state index contributed by atoms with van der Waals surface area (Å²) in [5.41, 5.74) is 0.0145. The molecule has 2 aliphatic rings. The molecule has 2 aliphatic heterocycles. The van der Waals surface area contributed by atoms with Crippen molar-refractivity contribution in [1.82, 2.24) is 5.32 Å². The fourth-order valence-electron chi connectivity index (χ4n) is 2.84. The third-order valence-electron chi connectivity index (χ3n) is 3.91. The molecule has 0 aromatic rings. The lowest BCUT2D eigenvalue weighted by atomic mass is 9.89. The first kappa shape index (κ1) is 14.2. The highest BCUT2D eigenvalue weighted by molar-refractivity contribution is 7.99. The van der Waals surface area contributed by atoms with Crippen LogP contribution in [0.2, 0.25) is 0 Å². The van der Waals surface area contributed by atoms with Gasteiger partial charge in [-0.25, -0.2) is 0 Å². The van der Waals surface area contributed by atoms with E-state index in [0.29, 0.717) is 0 Å². The van der Waals surface area contributed by atoms with Gasteiger partial charge in [0.05, 0.1) is 5.60 Å². The van der Waals surface area contributed by atoms with E-state index in [1.165, 1.54) is 5.75 Å². The molecular weight excluding hydrogens is 250 g/mol. The lowest BCUT2D eigenvalue weighted by Crippen LogP contribution is -2.53. The molecule has 2 fully saturated rings. The average Bonchev–Trinajstić information content (AvgIpc) is 2.73. The summed E-state index contributed by atoms with van der Waals surface area (Å²) >= 11 is 1.94. The largest absolute Gasteiger partial charge is 0.480 e. The zero-order chi connectivity index (χ0) is 13.2. The molecule has 0 radical (unpaired) electrons. The lowest BCUT2D eigenvalue weighted by molar-refractivity contribution is -0.141. The molecule has 18 heavy (non-hydrogen) atoms. The van der Waals surface area contributed by atoms with E-state index in [2.05, 4.69) is 5.32 Å². The number of ether oxygens (including phenoxy) is 1. The number of aliphatic carboxylic acids is 1. The van der Waals surface area contributed by atoms with E-state index in [9.17, 15) is 9.90 Å². The molecular formula is C13H23NO3S. The molecule has 2 rings (SSSR count). The molecule has 0 amide bonds. The van der Waals surface area contributed by atoms with Crippen LogP contribution in [0, 0.1) is 5.92 Å². The molecule has 0 saturated carbocycles. The Labute approximate surface area is 113 Å². The van der Waals surface area contributed by atoms with Crippen LogP contribution in [0.15, 0.2) is 0 Å². The zero-order valence-corrected chi connectivity index (χ0v) is 12.0. The minimum absolute atomic E-state index is 0.0145. The van der Waals surface area contributed by atoms with E-state index in [-0.39, 0.29) is 17.6 Å². The van der Waals surface area contributed by atoms with Gasteiger partial charge in [-0.05, 0) is 30.9 Å². The summed E-state index contributed by atoms with van der Waals surface area (Å²) in [6, 6.07) is -0.167. The van der Waals surface area contributed by atoms with Crippen LogP contribution in [0.5, 0.6) is 0 Å². The maximum Gasteiger partial charge on any atom is 0.320 e. The smallest absolute Gasteiger partial charge is 0.320 e. The number of carboxylic acids is 1. The van der Waals surface area contributed by atoms with E-state index in [1.807, 2.05) is 25.6 Å². The Balaban J connectivity index is 1.94. The van der Waals surface area contributed by atoms with Crippen LogP contribution in [-0.2, 0) is 9.53 Å². The fourth-order valence-corrected chi connectivity index (χ4v) is 4.21. The monoisotopic (exact) mass is 273 g/mol. The van der Waals surface area contributed by atoms with E-state index in [0.717, 1.165) is 31.6 Å². The van der Waals surface area contributed by atoms with Gasteiger partial charge in [-0.2, -0.15) is 11.8 Å². The predicted octanol–water partition coefficient (Wildman–Crippen LogP) is 1.74. The van der Waals surface area contributed by atoms with Gasteiger partial charge in [0, 0.05) is 18.4 Å². The zero-order valence-electron chi connectivity index (χ0n) is 11.1. The van der Waals surface area contributed by atoms with E-state index >= 15 is 0 Å². The second-order valence-corrected chi connectivity index (χ2v) is 6.86. The molecule has 0 aromatic carbocycles. The number of thioether (sulfide) groups is 1. The first-order chi connectivity index (χ1) is 8.52. The minimum atomic E-state index is -0.744. The summed E-state index contributed by atoms with van der Waals surface area (Å²) in [6.45, 7) is 4.65. The Kier molecular flexibility index (Phi) is 4.56. The van der Waals surface area contributed by atoms with Gasteiger partial charge in [-0.15, -0.1) is 0 Å². The third kappa shape index (κ3) is 3.19. The summed E-state index contributed by atoms with van der Waals surface area (Å²) in [5.74, 6) is 1.59. The van der Waals surface area contributed by atoms with Gasteiger partial charge >= 0.3 is 5.97 Å². The van der Waals surface area contributed by atoms with Gasteiger partial charge < -0.3 is 15.2 Å². The van der Waals surface area contributed by atoms with E-state index < -0.39 is 12.0 Å². The van der Waals surface area contributed by atoms with Crippen LogP contribution in [0.25, 0.3) is 0 Å². The van der Waals surface area contributed by atoms with Crippen molar-refractivity contribution in [3.8, 4) is 0 Å². The third-order valence-corrected chi connectivity index (χ3v) is 5.13. The topological polar surface area (TPSA) is 58.6 Å². The van der Waals surface area contributed by atoms with Gasteiger partial charge in [0.1, 0.15) is 6.04 Å². The van der Waals surface area contributed by atoms with Crippen LogP contribution in [0.1, 0.15) is 33.1 Å². The first-order valence-corrected chi connectivity index (χ1v) is 7.88. The standard InChI is InChI=1S/C13H23NO3S/c1-9(2)11(12(15)16)14-10-3-5-17-13(7-10)4-6-18-8-13/h9-11,14H,3-8H2,1-2H3,(H,15,16). The average molecular weight is 273 g/mol. The number of hydrogen-bond donors (Lipinski definition) is 2. The molecule has 2 saturated heterocycles. The highest BCUT2D eigenvalue weighted by atomic mass is 32.2. The predicted molar refractivity (Wildman–Crippen MR) is 73.0 cm³/mol. The molecule has 2 N–H and O–H groups in total. The molecule has 0 aliphatic carbocycles. The van der Waals surface area contributed by atoms with Crippen molar-refractivity contribution >= 4 is 17.7 Å². The second kappa shape index (κ2) is 5.80. The SMILES string of the molecule is CC(C)C(NC1CCOC2(CCSC2)C1)C(=O)O. The van der Waals surface area contributed by atoms with Gasteiger partial charge in [0.2, 0.25) is 0 Å². The Morgan fingerprint density at radius 2 is 2.33 bits per heavy atom. The highest BCUT2D eigenvalue weighted by Crippen LogP contribution is 2.38. The second-order valence-electron chi connectivity index (χ2n) is 5.75. The van der Waals surface area contributed by atoms with Crippen LogP contribution in [0.3, 0.4) is 0 Å². The van der Waals surface area contributed by atoms with E-state index in [1.54, 1.807) is 0 Å². The number of carbonyl (C=O) groups is 1. The van der Waals surface area contributed by atoms with Crippen LogP contribution < -0.4 is 5.32 Å². The van der Waals surface area contributed by atoms with Crippen LogP contribution in [-0.4, -0.2) is 46.9 Å². The highest BCUT2D eigenvalue weighted by Gasteiger charge is 2.41. The summed E-state index contributed by atoms with van der Waals surface area (Å²) in [4.78, 5) is 11.2. The summed E-state index contributed by atoms with van der Waals surface area (Å²) in [7, 11) is 0. The normalized spacial score (nSPS) is 34.1. The quantitative estimate of drug-likeness (QED) is 0.817. The Hall–Kier alpha value is -0.260. The molecule has 2 heterocycles. The lowest BCUT2D eigenvalue weighted by Gasteiger charge is -2.39.